The monoisotopic (exact) mass is 309 g/mol. The number of carbonyl (C=O) groups excluding carboxylic acids is 1. The van der Waals surface area contributed by atoms with E-state index >= 15 is 0 Å². The van der Waals surface area contributed by atoms with E-state index in [4.69, 9.17) is 11.5 Å². The highest BCUT2D eigenvalue weighted by Gasteiger charge is 2.31. The molecule has 0 aliphatic carbocycles. The Balaban J connectivity index is 2.09. The highest BCUT2D eigenvalue weighted by atomic mass is 32.2. The van der Waals surface area contributed by atoms with Crippen LogP contribution in [0.5, 0.6) is 0 Å². The Morgan fingerprint density at radius 1 is 1.19 bits per heavy atom. The van der Waals surface area contributed by atoms with Crippen LogP contribution in [-0.2, 0) is 14.8 Å². The number of carbonyl (C=O) groups is 1. The van der Waals surface area contributed by atoms with E-state index in [2.05, 4.69) is 6.58 Å². The highest BCUT2D eigenvalue weighted by molar-refractivity contribution is 7.89. The van der Waals surface area contributed by atoms with Gasteiger partial charge in [0.25, 0.3) is 0 Å². The summed E-state index contributed by atoms with van der Waals surface area (Å²) in [5.41, 5.74) is 11.7. The third-order valence-electron chi connectivity index (χ3n) is 3.78. The molecule has 2 rings (SSSR count). The van der Waals surface area contributed by atoms with Crippen LogP contribution in [0, 0.1) is 5.92 Å². The van der Waals surface area contributed by atoms with Gasteiger partial charge in [-0.15, -0.1) is 0 Å². The maximum absolute atomic E-state index is 12.5. The Labute approximate surface area is 124 Å². The first-order valence-electron chi connectivity index (χ1n) is 6.66. The first kappa shape index (κ1) is 15.5. The lowest BCUT2D eigenvalue weighted by atomic mass is 9.90. The van der Waals surface area contributed by atoms with Crippen LogP contribution in [0.1, 0.15) is 12.8 Å². The number of hydrogen-bond donors (Lipinski definition) is 2. The third-order valence-corrected chi connectivity index (χ3v) is 5.69. The van der Waals surface area contributed by atoms with Gasteiger partial charge in [0.05, 0.1) is 4.90 Å². The van der Waals surface area contributed by atoms with Crippen molar-refractivity contribution in [1.82, 2.24) is 4.31 Å². The van der Waals surface area contributed by atoms with Crippen molar-refractivity contribution in [3.8, 4) is 0 Å². The average molecular weight is 309 g/mol. The standard InChI is InChI=1S/C14H19N3O3S/c1-10(14(16)18)11-6-8-17(9-7-11)21(19,20)13-4-2-12(15)3-5-13/h2-5,11H,1,6-9,15H2,(H2,16,18). The maximum Gasteiger partial charge on any atom is 0.244 e. The van der Waals surface area contributed by atoms with Crippen molar-refractivity contribution in [2.24, 2.45) is 11.7 Å². The summed E-state index contributed by atoms with van der Waals surface area (Å²) in [7, 11) is -3.52. The summed E-state index contributed by atoms with van der Waals surface area (Å²) in [6.45, 7) is 4.38. The van der Waals surface area contributed by atoms with Gasteiger partial charge in [-0.25, -0.2) is 8.42 Å². The van der Waals surface area contributed by atoms with E-state index < -0.39 is 15.9 Å². The van der Waals surface area contributed by atoms with Gasteiger partial charge < -0.3 is 11.5 Å². The van der Waals surface area contributed by atoms with Gasteiger partial charge in [0.1, 0.15) is 0 Å². The zero-order valence-electron chi connectivity index (χ0n) is 11.7. The minimum Gasteiger partial charge on any atom is -0.399 e. The molecule has 1 amide bonds. The van der Waals surface area contributed by atoms with E-state index in [1.165, 1.54) is 16.4 Å². The summed E-state index contributed by atoms with van der Waals surface area (Å²) >= 11 is 0. The Morgan fingerprint density at radius 3 is 2.19 bits per heavy atom. The van der Waals surface area contributed by atoms with Crippen LogP contribution in [-0.4, -0.2) is 31.7 Å². The van der Waals surface area contributed by atoms with Crippen LogP contribution in [0.4, 0.5) is 5.69 Å². The Bertz CT molecular complexity index is 645. The van der Waals surface area contributed by atoms with E-state index in [1.807, 2.05) is 0 Å². The second-order valence-corrected chi connectivity index (χ2v) is 7.07. The number of nitrogens with two attached hydrogens (primary N) is 2. The molecule has 7 heteroatoms. The van der Waals surface area contributed by atoms with Crippen LogP contribution in [0.3, 0.4) is 0 Å². The molecule has 0 radical (unpaired) electrons. The molecule has 0 atom stereocenters. The fraction of sp³-hybridized carbons (Fsp3) is 0.357. The number of anilines is 1. The van der Waals surface area contributed by atoms with Crippen LogP contribution in [0.25, 0.3) is 0 Å². The second-order valence-electron chi connectivity index (χ2n) is 5.14. The molecule has 1 heterocycles. The first-order valence-corrected chi connectivity index (χ1v) is 8.10. The topological polar surface area (TPSA) is 106 Å². The summed E-state index contributed by atoms with van der Waals surface area (Å²) in [6.07, 6.45) is 1.10. The molecule has 114 valence electrons. The van der Waals surface area contributed by atoms with Gasteiger partial charge in [0, 0.05) is 24.4 Å². The van der Waals surface area contributed by atoms with Crippen LogP contribution >= 0.6 is 0 Å². The first-order chi connectivity index (χ1) is 9.82. The summed E-state index contributed by atoms with van der Waals surface area (Å²) in [5, 5.41) is 0. The Morgan fingerprint density at radius 2 is 1.71 bits per heavy atom. The number of nitrogen functional groups attached to an aromatic ring is 1. The highest BCUT2D eigenvalue weighted by Crippen LogP contribution is 2.27. The third kappa shape index (κ3) is 3.25. The fourth-order valence-electron chi connectivity index (χ4n) is 2.43. The van der Waals surface area contributed by atoms with Crippen LogP contribution in [0.15, 0.2) is 41.3 Å². The molecule has 0 saturated carbocycles. The van der Waals surface area contributed by atoms with Gasteiger partial charge in [-0.3, -0.25) is 4.79 Å². The number of amides is 1. The van der Waals surface area contributed by atoms with Crippen molar-refractivity contribution in [3.05, 3.63) is 36.4 Å². The maximum atomic E-state index is 12.5. The number of piperidine rings is 1. The second kappa shape index (κ2) is 5.87. The van der Waals surface area contributed by atoms with Crippen LogP contribution < -0.4 is 11.5 Å². The van der Waals surface area contributed by atoms with Crippen molar-refractivity contribution >= 4 is 21.6 Å². The number of hydrogen-bond acceptors (Lipinski definition) is 4. The fourth-order valence-corrected chi connectivity index (χ4v) is 3.90. The molecule has 1 aliphatic heterocycles. The van der Waals surface area contributed by atoms with Gasteiger partial charge in [0.2, 0.25) is 15.9 Å². The zero-order valence-corrected chi connectivity index (χ0v) is 12.5. The van der Waals surface area contributed by atoms with Gasteiger partial charge in [-0.2, -0.15) is 4.31 Å². The quantitative estimate of drug-likeness (QED) is 0.631. The number of nitrogens with zero attached hydrogens (tertiary/aromatic N) is 1. The van der Waals surface area contributed by atoms with Gasteiger partial charge >= 0.3 is 0 Å². The van der Waals surface area contributed by atoms with E-state index in [-0.39, 0.29) is 10.8 Å². The van der Waals surface area contributed by atoms with Crippen molar-refractivity contribution < 1.29 is 13.2 Å². The van der Waals surface area contributed by atoms with Crippen LogP contribution in [0.2, 0.25) is 0 Å². The largest absolute Gasteiger partial charge is 0.399 e. The molecule has 6 nitrogen and oxygen atoms in total. The SMILES string of the molecule is C=C(C(N)=O)C1CCN(S(=O)(=O)c2ccc(N)cc2)CC1. The molecular formula is C14H19N3O3S. The zero-order chi connectivity index (χ0) is 15.6. The molecular weight excluding hydrogens is 290 g/mol. The molecule has 4 N–H and O–H groups in total. The predicted molar refractivity (Wildman–Crippen MR) is 80.7 cm³/mol. The summed E-state index contributed by atoms with van der Waals surface area (Å²) in [4.78, 5) is 11.3. The molecule has 0 spiro atoms. The summed E-state index contributed by atoms with van der Waals surface area (Å²) in [6, 6.07) is 6.13. The lowest BCUT2D eigenvalue weighted by Gasteiger charge is -2.31. The van der Waals surface area contributed by atoms with Gasteiger partial charge in [-0.1, -0.05) is 6.58 Å². The van der Waals surface area contributed by atoms with Crippen molar-refractivity contribution in [3.63, 3.8) is 0 Å². The normalized spacial score (nSPS) is 17.5. The van der Waals surface area contributed by atoms with Gasteiger partial charge in [0.15, 0.2) is 0 Å². The summed E-state index contributed by atoms with van der Waals surface area (Å²) in [5.74, 6) is -0.560. The Kier molecular flexibility index (Phi) is 4.34. The summed E-state index contributed by atoms with van der Waals surface area (Å²) < 4.78 is 26.4. The molecule has 1 aromatic carbocycles. The minimum absolute atomic E-state index is 0.0413. The molecule has 1 aromatic rings. The molecule has 0 aromatic heterocycles. The number of rotatable bonds is 4. The molecule has 1 fully saturated rings. The molecule has 1 aliphatic rings. The van der Waals surface area contributed by atoms with Gasteiger partial charge in [-0.05, 0) is 43.0 Å². The van der Waals surface area contributed by atoms with Crippen molar-refractivity contribution in [2.75, 3.05) is 18.8 Å². The Hall–Kier alpha value is -1.86. The van der Waals surface area contributed by atoms with E-state index in [0.29, 0.717) is 37.2 Å². The predicted octanol–water partition coefficient (Wildman–Crippen LogP) is 0.711. The van der Waals surface area contributed by atoms with E-state index in [0.717, 1.165) is 0 Å². The molecule has 21 heavy (non-hydrogen) atoms. The van der Waals surface area contributed by atoms with E-state index in [9.17, 15) is 13.2 Å². The number of sulfonamides is 1. The average Bonchev–Trinajstić information content (AvgIpc) is 2.47. The number of primary amides is 1. The number of benzene rings is 1. The minimum atomic E-state index is -3.52. The van der Waals surface area contributed by atoms with E-state index in [1.54, 1.807) is 12.1 Å². The molecule has 0 bridgehead atoms. The molecule has 0 unspecified atom stereocenters. The lowest BCUT2D eigenvalue weighted by Crippen LogP contribution is -2.39. The molecule has 1 saturated heterocycles. The smallest absolute Gasteiger partial charge is 0.244 e. The lowest BCUT2D eigenvalue weighted by molar-refractivity contribution is -0.115. The van der Waals surface area contributed by atoms with Crippen molar-refractivity contribution in [2.45, 2.75) is 17.7 Å². The van der Waals surface area contributed by atoms with Crippen molar-refractivity contribution in [1.29, 1.82) is 0 Å².